The van der Waals surface area contributed by atoms with Crippen LogP contribution in [-0.4, -0.2) is 73.4 Å². The molecule has 0 aromatic carbocycles. The van der Waals surface area contributed by atoms with Crippen molar-refractivity contribution in [3.05, 3.63) is 48.6 Å². The lowest BCUT2D eigenvalue weighted by Crippen LogP contribution is -2.45. The monoisotopic (exact) mass is 866 g/mol. The van der Waals surface area contributed by atoms with Gasteiger partial charge in [-0.1, -0.05) is 210 Å². The molecule has 0 radical (unpaired) electrons. The Bertz CT molecular complexity index is 1120. The number of allylic oxidation sites excluding steroid dienone is 7. The smallest absolute Gasteiger partial charge is 0.387 e. The van der Waals surface area contributed by atoms with Crippen LogP contribution in [0.3, 0.4) is 0 Å². The van der Waals surface area contributed by atoms with Gasteiger partial charge in [-0.3, -0.25) is 13.8 Å². The fourth-order valence-corrected chi connectivity index (χ4v) is 7.79. The number of nitrogens with one attached hydrogen (secondary N) is 1. The maximum atomic E-state index is 12.7. The minimum absolute atomic E-state index is 0.0600. The van der Waals surface area contributed by atoms with Crippen LogP contribution < -0.4 is 5.32 Å². The molecule has 0 aliphatic carbocycles. The zero-order valence-corrected chi connectivity index (χ0v) is 40.8. The van der Waals surface area contributed by atoms with Gasteiger partial charge < -0.3 is 19.8 Å². The summed E-state index contributed by atoms with van der Waals surface area (Å²) < 4.78 is 23.2. The number of hydrogen-bond donors (Lipinski definition) is 3. The Balaban J connectivity index is 3.69. The molecule has 0 heterocycles. The highest BCUT2D eigenvalue weighted by Gasteiger charge is 2.27. The quantitative estimate of drug-likeness (QED) is 0.0244. The predicted molar refractivity (Wildman–Crippen MR) is 258 cm³/mol. The van der Waals surface area contributed by atoms with Crippen molar-refractivity contribution < 1.29 is 32.9 Å². The number of rotatable bonds is 45. The SMILES string of the molecule is CCC/C=C/C(O)C(COP(=O)(O)OCC[N+](C)(C)C)NC(=O)CCCCCCCCCCCCCCCCCCCCCC/C=C\C/C=C\C/C=C\CCCCCCC. The summed E-state index contributed by atoms with van der Waals surface area (Å²) in [5.74, 6) is -0.188. The minimum Gasteiger partial charge on any atom is -0.387 e. The van der Waals surface area contributed by atoms with Crippen LogP contribution in [0.15, 0.2) is 48.6 Å². The summed E-state index contributed by atoms with van der Waals surface area (Å²) in [6.45, 7) is 4.59. The van der Waals surface area contributed by atoms with E-state index in [1.165, 1.54) is 154 Å². The van der Waals surface area contributed by atoms with Gasteiger partial charge in [0.05, 0.1) is 39.9 Å². The molecule has 0 spiro atoms. The normalized spacial score (nSPS) is 14.6. The number of quaternary nitrogens is 1. The Morgan fingerprint density at radius 3 is 1.42 bits per heavy atom. The molecule has 0 bridgehead atoms. The van der Waals surface area contributed by atoms with Gasteiger partial charge in [-0.2, -0.15) is 0 Å². The molecule has 3 atom stereocenters. The van der Waals surface area contributed by atoms with Crippen molar-refractivity contribution in [2.24, 2.45) is 0 Å². The number of aliphatic hydroxyl groups excluding tert-OH is 1. The van der Waals surface area contributed by atoms with Gasteiger partial charge >= 0.3 is 7.82 Å². The molecule has 352 valence electrons. The molecule has 3 unspecified atom stereocenters. The van der Waals surface area contributed by atoms with E-state index in [9.17, 15) is 19.4 Å². The topological polar surface area (TPSA) is 105 Å². The summed E-state index contributed by atoms with van der Waals surface area (Å²) in [7, 11) is 1.57. The fraction of sp³-hybridized carbons (Fsp3) is 0.824. The van der Waals surface area contributed by atoms with Crippen LogP contribution in [0.5, 0.6) is 0 Å². The summed E-state index contributed by atoms with van der Waals surface area (Å²) in [5, 5.41) is 13.5. The number of hydrogen-bond acceptors (Lipinski definition) is 5. The van der Waals surface area contributed by atoms with E-state index in [0.29, 0.717) is 17.4 Å². The number of carbonyl (C=O) groups excluding carboxylic acids is 1. The van der Waals surface area contributed by atoms with Gasteiger partial charge in [-0.25, -0.2) is 4.57 Å². The Labute approximate surface area is 371 Å². The summed E-state index contributed by atoms with van der Waals surface area (Å²) in [6, 6.07) is -0.840. The van der Waals surface area contributed by atoms with Crippen molar-refractivity contribution in [3.63, 3.8) is 0 Å². The first kappa shape index (κ1) is 58.5. The molecule has 3 N–H and O–H groups in total. The summed E-state index contributed by atoms with van der Waals surface area (Å²) in [6.07, 6.45) is 56.0. The molecule has 60 heavy (non-hydrogen) atoms. The van der Waals surface area contributed by atoms with E-state index in [0.717, 1.165) is 44.9 Å². The maximum absolute atomic E-state index is 12.7. The van der Waals surface area contributed by atoms with Crippen LogP contribution in [0.2, 0.25) is 0 Å². The third-order valence-corrected chi connectivity index (χ3v) is 12.0. The molecule has 0 aliphatic heterocycles. The van der Waals surface area contributed by atoms with Gasteiger partial charge in [0.2, 0.25) is 5.91 Å². The van der Waals surface area contributed by atoms with Crippen molar-refractivity contribution in [1.29, 1.82) is 0 Å². The van der Waals surface area contributed by atoms with Gasteiger partial charge in [0, 0.05) is 6.42 Å². The minimum atomic E-state index is -4.31. The molecule has 8 nitrogen and oxygen atoms in total. The van der Waals surface area contributed by atoms with Crippen molar-refractivity contribution in [2.45, 2.75) is 231 Å². The van der Waals surface area contributed by atoms with E-state index in [-0.39, 0.29) is 19.1 Å². The lowest BCUT2D eigenvalue weighted by atomic mass is 10.0. The number of amides is 1. The van der Waals surface area contributed by atoms with E-state index in [2.05, 4.69) is 48.7 Å². The van der Waals surface area contributed by atoms with Crippen molar-refractivity contribution in [1.82, 2.24) is 5.32 Å². The average Bonchev–Trinajstić information content (AvgIpc) is 3.20. The van der Waals surface area contributed by atoms with Crippen LogP contribution in [0, 0.1) is 0 Å². The van der Waals surface area contributed by atoms with Crippen LogP contribution in [0.4, 0.5) is 0 Å². The number of nitrogens with zero attached hydrogens (tertiary/aromatic N) is 1. The Morgan fingerprint density at radius 2 is 0.983 bits per heavy atom. The molecule has 0 aromatic heterocycles. The second-order valence-electron chi connectivity index (χ2n) is 18.2. The standard InChI is InChI=1S/C51H97N2O6P/c1-6-8-10-11-12-13-14-15-16-17-18-19-20-21-22-23-24-25-26-27-28-29-30-31-32-33-34-35-36-37-38-39-40-41-43-45-51(55)52-49(50(54)44-42-9-7-2)48-59-60(56,57)58-47-46-53(3,4)5/h14-15,17-18,20-21,42,44,49-50,54H,6-13,16,19,22-41,43,45-48H2,1-5H3,(H-,52,55,56,57)/p+1/b15-14-,18-17-,21-20-,44-42+. The van der Waals surface area contributed by atoms with Crippen molar-refractivity contribution >= 4 is 13.7 Å². The molecular formula is C51H98N2O6P+. The molecule has 9 heteroatoms. The van der Waals surface area contributed by atoms with E-state index in [4.69, 9.17) is 9.05 Å². The number of likely N-dealkylation sites (N-methyl/N-ethyl adjacent to an activating group) is 1. The van der Waals surface area contributed by atoms with Gasteiger partial charge in [-0.15, -0.1) is 0 Å². The molecular weight excluding hydrogens is 768 g/mol. The van der Waals surface area contributed by atoms with Crippen molar-refractivity contribution in [3.8, 4) is 0 Å². The molecule has 0 saturated heterocycles. The second-order valence-corrected chi connectivity index (χ2v) is 19.6. The van der Waals surface area contributed by atoms with Gasteiger partial charge in [0.1, 0.15) is 13.2 Å². The highest BCUT2D eigenvalue weighted by atomic mass is 31.2. The lowest BCUT2D eigenvalue weighted by Gasteiger charge is -2.25. The van der Waals surface area contributed by atoms with E-state index in [1.54, 1.807) is 6.08 Å². The number of unbranched alkanes of at least 4 members (excludes halogenated alkanes) is 26. The first-order valence-corrected chi connectivity index (χ1v) is 26.5. The zero-order valence-electron chi connectivity index (χ0n) is 39.9. The first-order valence-electron chi connectivity index (χ1n) is 25.0. The van der Waals surface area contributed by atoms with Crippen LogP contribution in [0.1, 0.15) is 219 Å². The molecule has 1 amide bonds. The molecule has 0 aliphatic rings. The third kappa shape index (κ3) is 44.5. The van der Waals surface area contributed by atoms with E-state index in [1.807, 2.05) is 34.1 Å². The first-order chi connectivity index (χ1) is 29.0. The van der Waals surface area contributed by atoms with Gasteiger partial charge in [0.15, 0.2) is 0 Å². The summed E-state index contributed by atoms with van der Waals surface area (Å²) in [4.78, 5) is 22.8. The number of phosphoric acid groups is 1. The summed E-state index contributed by atoms with van der Waals surface area (Å²) in [5.41, 5.74) is 0. The largest absolute Gasteiger partial charge is 0.472 e. The Morgan fingerprint density at radius 1 is 0.567 bits per heavy atom. The lowest BCUT2D eigenvalue weighted by molar-refractivity contribution is -0.870. The molecule has 0 fully saturated rings. The second kappa shape index (κ2) is 42.7. The average molecular weight is 866 g/mol. The van der Waals surface area contributed by atoms with E-state index >= 15 is 0 Å². The van der Waals surface area contributed by atoms with Crippen LogP contribution in [-0.2, 0) is 18.4 Å². The molecule has 0 aromatic rings. The Kier molecular flexibility index (Phi) is 41.6. The Hall–Kier alpha value is -1.54. The van der Waals surface area contributed by atoms with Crippen molar-refractivity contribution in [2.75, 3.05) is 40.9 Å². The third-order valence-electron chi connectivity index (χ3n) is 11.0. The maximum Gasteiger partial charge on any atom is 0.472 e. The summed E-state index contributed by atoms with van der Waals surface area (Å²) >= 11 is 0. The zero-order chi connectivity index (χ0) is 44.3. The number of aliphatic hydroxyl groups is 1. The fourth-order valence-electron chi connectivity index (χ4n) is 7.06. The van der Waals surface area contributed by atoms with E-state index < -0.39 is 20.0 Å². The highest BCUT2D eigenvalue weighted by Crippen LogP contribution is 2.43. The van der Waals surface area contributed by atoms with Crippen LogP contribution in [0.25, 0.3) is 0 Å². The predicted octanol–water partition coefficient (Wildman–Crippen LogP) is 14.4. The molecule has 0 saturated carbocycles. The number of phosphoric ester groups is 1. The van der Waals surface area contributed by atoms with Gasteiger partial charge in [-0.05, 0) is 51.4 Å². The molecule has 0 rings (SSSR count). The number of carbonyl (C=O) groups is 1. The van der Waals surface area contributed by atoms with Crippen LogP contribution >= 0.6 is 7.82 Å². The highest BCUT2D eigenvalue weighted by molar-refractivity contribution is 7.47. The van der Waals surface area contributed by atoms with Gasteiger partial charge in [0.25, 0.3) is 0 Å².